The Morgan fingerprint density at radius 3 is 2.88 bits per heavy atom. The van der Waals surface area contributed by atoms with Crippen LogP contribution in [0.5, 0.6) is 0 Å². The first kappa shape index (κ1) is 14.7. The van der Waals surface area contributed by atoms with Gasteiger partial charge >= 0.3 is 5.97 Å². The van der Waals surface area contributed by atoms with Gasteiger partial charge in [0, 0.05) is 5.39 Å². The molecule has 25 heavy (non-hydrogen) atoms. The summed E-state index contributed by atoms with van der Waals surface area (Å²) in [7, 11) is 1.35. The zero-order chi connectivity index (χ0) is 17.2. The number of esters is 1. The fourth-order valence-corrected chi connectivity index (χ4v) is 4.55. The second-order valence-corrected chi connectivity index (χ2v) is 6.85. The molecule has 2 bridgehead atoms. The van der Waals surface area contributed by atoms with E-state index in [1.807, 2.05) is 54.6 Å². The largest absolute Gasteiger partial charge is 0.469 e. The fraction of sp³-hybridized carbons (Fsp3) is 0.300. The molecule has 2 aromatic carbocycles. The number of methoxy groups -OCH3 is 1. The summed E-state index contributed by atoms with van der Waals surface area (Å²) in [5.41, 5.74) is 0.133. The van der Waals surface area contributed by atoms with Gasteiger partial charge in [-0.15, -0.1) is 0 Å². The summed E-state index contributed by atoms with van der Waals surface area (Å²) in [6.45, 7) is 0.422. The van der Waals surface area contributed by atoms with E-state index in [1.54, 1.807) is 4.90 Å². The van der Waals surface area contributed by atoms with Crippen LogP contribution in [0.4, 0.5) is 5.69 Å². The first-order chi connectivity index (χ1) is 12.1. The molecule has 2 saturated heterocycles. The molecular formula is C20H17NO4. The van der Waals surface area contributed by atoms with Crippen molar-refractivity contribution in [3.05, 3.63) is 54.6 Å². The van der Waals surface area contributed by atoms with Gasteiger partial charge in [0.15, 0.2) is 0 Å². The molecule has 5 rings (SSSR count). The van der Waals surface area contributed by atoms with Gasteiger partial charge in [-0.1, -0.05) is 48.6 Å². The van der Waals surface area contributed by atoms with Crippen molar-refractivity contribution >= 4 is 28.3 Å². The molecule has 0 saturated carbocycles. The molecule has 126 valence electrons. The summed E-state index contributed by atoms with van der Waals surface area (Å²) in [6, 6.07) is 13.9. The van der Waals surface area contributed by atoms with Crippen molar-refractivity contribution in [3.8, 4) is 0 Å². The smallest absolute Gasteiger partial charge is 0.312 e. The average molecular weight is 335 g/mol. The first-order valence-electron chi connectivity index (χ1n) is 8.39. The molecule has 0 aromatic heterocycles. The predicted molar refractivity (Wildman–Crippen MR) is 92.0 cm³/mol. The summed E-state index contributed by atoms with van der Waals surface area (Å²) < 4.78 is 11.0. The number of carbonyl (C=O) groups excluding carboxylic acids is 2. The van der Waals surface area contributed by atoms with Gasteiger partial charge in [-0.3, -0.25) is 9.59 Å². The van der Waals surface area contributed by atoms with Crippen molar-refractivity contribution in [1.82, 2.24) is 0 Å². The molecule has 2 fully saturated rings. The maximum absolute atomic E-state index is 13.3. The first-order valence-corrected chi connectivity index (χ1v) is 8.39. The highest BCUT2D eigenvalue weighted by Crippen LogP contribution is 2.53. The number of hydrogen-bond acceptors (Lipinski definition) is 4. The molecule has 5 nitrogen and oxygen atoms in total. The van der Waals surface area contributed by atoms with Crippen LogP contribution >= 0.6 is 0 Å². The topological polar surface area (TPSA) is 55.8 Å². The average Bonchev–Trinajstić information content (AvgIpc) is 3.29. The third kappa shape index (κ3) is 1.81. The van der Waals surface area contributed by atoms with Crippen LogP contribution in [0.3, 0.4) is 0 Å². The minimum Gasteiger partial charge on any atom is -0.469 e. The van der Waals surface area contributed by atoms with Crippen molar-refractivity contribution in [2.75, 3.05) is 18.6 Å². The number of rotatable bonds is 2. The van der Waals surface area contributed by atoms with Crippen molar-refractivity contribution in [2.45, 2.75) is 11.7 Å². The Labute approximate surface area is 144 Å². The molecule has 3 aliphatic rings. The molecule has 0 aliphatic carbocycles. The maximum Gasteiger partial charge on any atom is 0.312 e. The minimum absolute atomic E-state index is 0.0707. The van der Waals surface area contributed by atoms with Gasteiger partial charge in [0.05, 0.1) is 31.4 Å². The van der Waals surface area contributed by atoms with Crippen LogP contribution < -0.4 is 4.90 Å². The summed E-state index contributed by atoms with van der Waals surface area (Å²) in [4.78, 5) is 27.2. The van der Waals surface area contributed by atoms with E-state index in [-0.39, 0.29) is 18.0 Å². The number of hydrogen-bond donors (Lipinski definition) is 0. The molecule has 3 heterocycles. The van der Waals surface area contributed by atoms with E-state index >= 15 is 0 Å². The van der Waals surface area contributed by atoms with Crippen molar-refractivity contribution in [3.63, 3.8) is 0 Å². The molecule has 5 heteroatoms. The van der Waals surface area contributed by atoms with Crippen LogP contribution in [-0.4, -0.2) is 37.2 Å². The highest BCUT2D eigenvalue weighted by molar-refractivity contribution is 6.08. The Hall–Kier alpha value is -2.66. The maximum atomic E-state index is 13.3. The standard InChI is InChI=1S/C20H17NO4/c1-24-19(23)16-15-9-10-20(25-15)11-21(18(22)17(16)20)14-8-4-6-12-5-2-3-7-13(12)14/h2-10,15-17H,11H2,1H3/t15-,16-,17+,20-/m1/s1. The molecule has 1 spiro atoms. The summed E-state index contributed by atoms with van der Waals surface area (Å²) >= 11 is 0. The van der Waals surface area contributed by atoms with Crippen LogP contribution in [0.2, 0.25) is 0 Å². The van der Waals surface area contributed by atoms with E-state index in [0.717, 1.165) is 16.5 Å². The molecule has 4 atom stereocenters. The number of amides is 1. The summed E-state index contributed by atoms with van der Waals surface area (Å²) in [5, 5.41) is 2.09. The van der Waals surface area contributed by atoms with Crippen LogP contribution in [0, 0.1) is 11.8 Å². The van der Waals surface area contributed by atoms with E-state index in [1.165, 1.54) is 7.11 Å². The summed E-state index contributed by atoms with van der Waals surface area (Å²) in [5.74, 6) is -1.54. The minimum atomic E-state index is -0.725. The van der Waals surface area contributed by atoms with Crippen LogP contribution in [0.1, 0.15) is 0 Å². The zero-order valence-corrected chi connectivity index (χ0v) is 13.7. The van der Waals surface area contributed by atoms with Crippen LogP contribution in [0.25, 0.3) is 10.8 Å². The lowest BCUT2D eigenvalue weighted by atomic mass is 9.77. The van der Waals surface area contributed by atoms with Crippen LogP contribution in [0.15, 0.2) is 54.6 Å². The monoisotopic (exact) mass is 335 g/mol. The summed E-state index contributed by atoms with van der Waals surface area (Å²) in [6.07, 6.45) is 3.47. The van der Waals surface area contributed by atoms with E-state index in [0.29, 0.717) is 6.54 Å². The highest BCUT2D eigenvalue weighted by atomic mass is 16.5. The second kappa shape index (κ2) is 4.92. The number of benzene rings is 2. The molecule has 1 amide bonds. The Balaban J connectivity index is 1.61. The zero-order valence-electron chi connectivity index (χ0n) is 13.7. The van der Waals surface area contributed by atoms with Crippen molar-refractivity contribution in [1.29, 1.82) is 0 Å². The predicted octanol–water partition coefficient (Wildman–Crippen LogP) is 2.30. The normalized spacial score (nSPS) is 32.4. The number of ether oxygens (including phenoxy) is 2. The van der Waals surface area contributed by atoms with Gasteiger partial charge in [-0.2, -0.15) is 0 Å². The fourth-order valence-electron chi connectivity index (χ4n) is 4.55. The van der Waals surface area contributed by atoms with Crippen molar-refractivity contribution < 1.29 is 19.1 Å². The molecule has 0 N–H and O–H groups in total. The Bertz CT molecular complexity index is 931. The van der Waals surface area contributed by atoms with Gasteiger partial charge in [0.2, 0.25) is 5.91 Å². The number of anilines is 1. The van der Waals surface area contributed by atoms with Crippen LogP contribution in [-0.2, 0) is 19.1 Å². The lowest BCUT2D eigenvalue weighted by Gasteiger charge is -2.22. The molecule has 3 aliphatic heterocycles. The third-order valence-corrected chi connectivity index (χ3v) is 5.63. The van der Waals surface area contributed by atoms with E-state index < -0.39 is 17.4 Å². The number of fused-ring (bicyclic) bond motifs is 2. The number of nitrogens with zero attached hydrogens (tertiary/aromatic N) is 1. The van der Waals surface area contributed by atoms with Gasteiger partial charge in [-0.05, 0) is 11.5 Å². The Morgan fingerprint density at radius 1 is 1.24 bits per heavy atom. The molecular weight excluding hydrogens is 318 g/mol. The van der Waals surface area contributed by atoms with E-state index in [9.17, 15) is 9.59 Å². The SMILES string of the molecule is COC(=O)[C@H]1[C@H]2C(=O)N(c3cccc4ccccc34)C[C@]23C=C[C@H]1O3. The van der Waals surface area contributed by atoms with Gasteiger partial charge < -0.3 is 14.4 Å². The van der Waals surface area contributed by atoms with E-state index in [2.05, 4.69) is 0 Å². The van der Waals surface area contributed by atoms with Gasteiger partial charge in [0.1, 0.15) is 11.5 Å². The quantitative estimate of drug-likeness (QED) is 0.624. The van der Waals surface area contributed by atoms with Gasteiger partial charge in [0.25, 0.3) is 0 Å². The number of carbonyl (C=O) groups is 2. The van der Waals surface area contributed by atoms with E-state index in [4.69, 9.17) is 9.47 Å². The third-order valence-electron chi connectivity index (χ3n) is 5.63. The Morgan fingerprint density at radius 2 is 2.04 bits per heavy atom. The lowest BCUT2D eigenvalue weighted by molar-refractivity contribution is -0.149. The molecule has 0 radical (unpaired) electrons. The Kier molecular flexibility index (Phi) is 2.89. The van der Waals surface area contributed by atoms with Crippen molar-refractivity contribution in [2.24, 2.45) is 11.8 Å². The van der Waals surface area contributed by atoms with Gasteiger partial charge in [-0.25, -0.2) is 0 Å². The molecule has 0 unspecified atom stereocenters. The molecule has 2 aromatic rings. The highest BCUT2D eigenvalue weighted by Gasteiger charge is 2.67. The second-order valence-electron chi connectivity index (χ2n) is 6.85. The lowest BCUT2D eigenvalue weighted by Crippen LogP contribution is -2.39.